The quantitative estimate of drug-likeness (QED) is 0.189. The molecule has 11 heteroatoms. The van der Waals surface area contributed by atoms with Crippen LogP contribution in [0.15, 0.2) is 64.2 Å². The summed E-state index contributed by atoms with van der Waals surface area (Å²) in [6.45, 7) is 0.121. The average molecular weight is 647 g/mol. The first-order valence-electron chi connectivity index (χ1n) is 10.7. The van der Waals surface area contributed by atoms with Crippen molar-refractivity contribution in [1.29, 1.82) is 0 Å². The van der Waals surface area contributed by atoms with Gasteiger partial charge in [-0.05, 0) is 69.0 Å². The Morgan fingerprint density at radius 1 is 1.00 bits per heavy atom. The molecule has 1 amide bonds. The van der Waals surface area contributed by atoms with Crippen LogP contribution in [-0.4, -0.2) is 30.2 Å². The van der Waals surface area contributed by atoms with Crippen LogP contribution in [0, 0.1) is 0 Å². The molecule has 0 radical (unpaired) electrons. The van der Waals surface area contributed by atoms with Crippen LogP contribution < -0.4 is 14.9 Å². The molecular weight excluding hydrogens is 627 g/mol. The summed E-state index contributed by atoms with van der Waals surface area (Å²) in [5, 5.41) is 5.31. The topological polar surface area (TPSA) is 59.9 Å². The Labute approximate surface area is 241 Å². The van der Waals surface area contributed by atoms with Gasteiger partial charge in [0.25, 0.3) is 5.91 Å². The smallest absolute Gasteiger partial charge is 0.277 e. The summed E-state index contributed by atoms with van der Waals surface area (Å²) in [4.78, 5) is 12.1. The third-order valence-electron chi connectivity index (χ3n) is 4.93. The van der Waals surface area contributed by atoms with Crippen LogP contribution in [0.4, 0.5) is 0 Å². The van der Waals surface area contributed by atoms with E-state index in [4.69, 9.17) is 44.3 Å². The molecular formula is C25H20BrCl3N2O3S2. The number of ether oxygens (including phenoxy) is 2. The molecule has 1 aliphatic heterocycles. The molecule has 1 saturated heterocycles. The molecule has 36 heavy (non-hydrogen) atoms. The molecule has 3 aromatic carbocycles. The maximum absolute atomic E-state index is 12.1. The summed E-state index contributed by atoms with van der Waals surface area (Å²) in [5.41, 5.74) is 5.24. The van der Waals surface area contributed by atoms with Gasteiger partial charge in [-0.3, -0.25) is 4.79 Å². The number of hydrogen-bond acceptors (Lipinski definition) is 6. The van der Waals surface area contributed by atoms with Gasteiger partial charge in [0.05, 0.1) is 30.3 Å². The second-order valence-corrected chi connectivity index (χ2v) is 12.4. The number of hydrogen-bond donors (Lipinski definition) is 1. The molecule has 0 atom stereocenters. The number of carbonyl (C=O) groups excluding carboxylic acids is 1. The maximum atomic E-state index is 12.1. The van der Waals surface area contributed by atoms with E-state index < -0.39 is 0 Å². The third kappa shape index (κ3) is 7.73. The second kappa shape index (κ2) is 13.3. The van der Waals surface area contributed by atoms with E-state index in [-0.39, 0.29) is 19.1 Å². The van der Waals surface area contributed by atoms with Crippen LogP contribution in [0.25, 0.3) is 0 Å². The van der Waals surface area contributed by atoms with E-state index in [2.05, 4.69) is 26.5 Å². The van der Waals surface area contributed by atoms with Gasteiger partial charge in [0.15, 0.2) is 12.4 Å². The van der Waals surface area contributed by atoms with Crippen molar-refractivity contribution in [2.45, 2.75) is 11.2 Å². The molecule has 1 fully saturated rings. The van der Waals surface area contributed by atoms with Crippen LogP contribution in [0.2, 0.25) is 15.1 Å². The summed E-state index contributed by atoms with van der Waals surface area (Å²) >= 11 is 25.8. The summed E-state index contributed by atoms with van der Waals surface area (Å²) in [7, 11) is 0. The molecule has 0 bridgehead atoms. The Hall–Kier alpha value is -1.55. The van der Waals surface area contributed by atoms with Crippen molar-refractivity contribution in [3.63, 3.8) is 0 Å². The van der Waals surface area contributed by atoms with Crippen LogP contribution >= 0.6 is 74.3 Å². The van der Waals surface area contributed by atoms with Crippen molar-refractivity contribution in [3.8, 4) is 11.5 Å². The molecule has 0 aromatic heterocycles. The standard InChI is InChI=1S/C25H20BrCl3N2O3S2/c26-19-9-16(11-22(29)24(19)34-13-15-1-6-20(27)21(28)10-15)12-30-31-23(32)14-33-18-4-2-17(3-5-18)25-35-7-8-36-25/h1-6,9-12,25H,7-8,13-14H2,(H,31,32)/b30-12-. The molecule has 0 saturated carbocycles. The number of carbonyl (C=O) groups is 1. The Bertz CT molecular complexity index is 1230. The van der Waals surface area contributed by atoms with Gasteiger partial charge in [-0.25, -0.2) is 5.43 Å². The molecule has 0 spiro atoms. The van der Waals surface area contributed by atoms with Gasteiger partial charge in [0, 0.05) is 11.5 Å². The normalized spacial score (nSPS) is 13.8. The fraction of sp³-hybridized carbons (Fsp3) is 0.200. The largest absolute Gasteiger partial charge is 0.486 e. The zero-order valence-corrected chi connectivity index (χ0v) is 24.2. The van der Waals surface area contributed by atoms with Crippen molar-refractivity contribution < 1.29 is 14.3 Å². The zero-order valence-electron chi connectivity index (χ0n) is 18.7. The van der Waals surface area contributed by atoms with Crippen LogP contribution in [-0.2, 0) is 11.4 Å². The Morgan fingerprint density at radius 2 is 1.75 bits per heavy atom. The first kappa shape index (κ1) is 27.5. The average Bonchev–Trinajstić information content (AvgIpc) is 3.40. The summed E-state index contributed by atoms with van der Waals surface area (Å²) in [5.74, 6) is 3.10. The lowest BCUT2D eigenvalue weighted by Gasteiger charge is -2.11. The Morgan fingerprint density at radius 3 is 2.44 bits per heavy atom. The van der Waals surface area contributed by atoms with E-state index in [9.17, 15) is 4.79 Å². The predicted octanol–water partition coefficient (Wildman–Crippen LogP) is 8.00. The molecule has 0 aliphatic carbocycles. The fourth-order valence-corrected chi connectivity index (χ4v) is 7.38. The molecule has 1 N–H and O–H groups in total. The van der Waals surface area contributed by atoms with E-state index in [1.807, 2.05) is 53.9 Å². The molecule has 3 aromatic rings. The minimum absolute atomic E-state index is 0.143. The highest BCUT2D eigenvalue weighted by molar-refractivity contribution is 9.10. The number of thioether (sulfide) groups is 2. The third-order valence-corrected chi connectivity index (χ3v) is 9.65. The molecule has 1 aliphatic rings. The fourth-order valence-electron chi connectivity index (χ4n) is 3.21. The van der Waals surface area contributed by atoms with E-state index >= 15 is 0 Å². The van der Waals surface area contributed by atoms with E-state index in [0.717, 1.165) is 5.56 Å². The van der Waals surface area contributed by atoms with Crippen molar-refractivity contribution >= 4 is 86.4 Å². The van der Waals surface area contributed by atoms with Crippen molar-refractivity contribution in [1.82, 2.24) is 5.43 Å². The van der Waals surface area contributed by atoms with Gasteiger partial charge < -0.3 is 9.47 Å². The molecule has 5 nitrogen and oxygen atoms in total. The summed E-state index contributed by atoms with van der Waals surface area (Å²) in [6.07, 6.45) is 1.49. The van der Waals surface area contributed by atoms with Gasteiger partial charge in [-0.1, -0.05) is 53.0 Å². The number of rotatable bonds is 9. The number of hydrazone groups is 1. The number of nitrogens with zero attached hydrogens (tertiary/aromatic N) is 1. The SMILES string of the molecule is O=C(COc1ccc(C2SCCS2)cc1)N/N=C\c1cc(Cl)c(OCc2ccc(Cl)c(Cl)c2)c(Br)c1. The predicted molar refractivity (Wildman–Crippen MR) is 155 cm³/mol. The van der Waals surface area contributed by atoms with E-state index in [1.54, 1.807) is 24.3 Å². The molecule has 1 heterocycles. The first-order chi connectivity index (χ1) is 17.4. The Balaban J connectivity index is 1.26. The van der Waals surface area contributed by atoms with Crippen molar-refractivity contribution in [2.24, 2.45) is 5.10 Å². The molecule has 4 rings (SSSR count). The van der Waals surface area contributed by atoms with Crippen LogP contribution in [0.3, 0.4) is 0 Å². The van der Waals surface area contributed by atoms with Crippen molar-refractivity contribution in [2.75, 3.05) is 18.1 Å². The molecule has 188 valence electrons. The highest BCUT2D eigenvalue weighted by Gasteiger charge is 2.18. The van der Waals surface area contributed by atoms with Crippen LogP contribution in [0.1, 0.15) is 21.3 Å². The van der Waals surface area contributed by atoms with Gasteiger partial charge in [-0.15, -0.1) is 23.5 Å². The number of halogens is 4. The lowest BCUT2D eigenvalue weighted by atomic mass is 10.2. The highest BCUT2D eigenvalue weighted by Crippen LogP contribution is 2.45. The zero-order chi connectivity index (χ0) is 25.5. The van der Waals surface area contributed by atoms with E-state index in [0.29, 0.717) is 41.2 Å². The minimum atomic E-state index is -0.371. The highest BCUT2D eigenvalue weighted by atomic mass is 79.9. The van der Waals surface area contributed by atoms with Gasteiger partial charge in [-0.2, -0.15) is 5.10 Å². The minimum Gasteiger partial charge on any atom is -0.486 e. The number of nitrogens with one attached hydrogen (secondary N) is 1. The lowest BCUT2D eigenvalue weighted by Crippen LogP contribution is -2.24. The first-order valence-corrected chi connectivity index (χ1v) is 14.7. The van der Waals surface area contributed by atoms with Gasteiger partial charge >= 0.3 is 0 Å². The molecule has 0 unspecified atom stereocenters. The summed E-state index contributed by atoms with van der Waals surface area (Å²) < 4.78 is 12.5. The second-order valence-electron chi connectivity index (χ2n) is 7.58. The van der Waals surface area contributed by atoms with Gasteiger partial charge in [0.2, 0.25) is 0 Å². The Kier molecular flexibility index (Phi) is 10.2. The lowest BCUT2D eigenvalue weighted by molar-refractivity contribution is -0.123. The maximum Gasteiger partial charge on any atom is 0.277 e. The number of amides is 1. The van der Waals surface area contributed by atoms with Crippen LogP contribution in [0.5, 0.6) is 11.5 Å². The van der Waals surface area contributed by atoms with Gasteiger partial charge in [0.1, 0.15) is 12.4 Å². The monoisotopic (exact) mass is 644 g/mol. The summed E-state index contributed by atoms with van der Waals surface area (Å²) in [6, 6.07) is 16.6. The number of benzene rings is 3. The van der Waals surface area contributed by atoms with E-state index in [1.165, 1.54) is 23.3 Å². The van der Waals surface area contributed by atoms with Crippen molar-refractivity contribution in [3.05, 3.63) is 90.8 Å².